The Labute approximate surface area is 135 Å². The summed E-state index contributed by atoms with van der Waals surface area (Å²) in [4.78, 5) is 12.5. The Bertz CT molecular complexity index is 753. The molecule has 0 bridgehead atoms. The highest BCUT2D eigenvalue weighted by molar-refractivity contribution is 7.13. The number of allylic oxidation sites excluding steroid dienone is 2. The van der Waals surface area contributed by atoms with Crippen molar-refractivity contribution in [1.29, 1.82) is 0 Å². The van der Waals surface area contributed by atoms with Crippen LogP contribution in [0.5, 0.6) is 0 Å². The molecule has 0 fully saturated rings. The van der Waals surface area contributed by atoms with Crippen molar-refractivity contribution >= 4 is 22.9 Å². The van der Waals surface area contributed by atoms with E-state index in [1.807, 2.05) is 19.1 Å². The molecule has 0 aliphatic heterocycles. The van der Waals surface area contributed by atoms with E-state index in [1.165, 1.54) is 29.5 Å². The van der Waals surface area contributed by atoms with Crippen molar-refractivity contribution in [2.24, 2.45) is 0 Å². The summed E-state index contributed by atoms with van der Waals surface area (Å²) in [6, 6.07) is 8.57. The van der Waals surface area contributed by atoms with Gasteiger partial charge in [-0.05, 0) is 42.3 Å². The number of thiophene rings is 1. The van der Waals surface area contributed by atoms with Gasteiger partial charge in [0.25, 0.3) is 0 Å². The lowest BCUT2D eigenvalue weighted by Crippen LogP contribution is -2.04. The Morgan fingerprint density at radius 3 is 2.26 bits per heavy atom. The maximum absolute atomic E-state index is 12.6. The van der Waals surface area contributed by atoms with E-state index in [0.717, 1.165) is 28.0 Å². The van der Waals surface area contributed by atoms with Crippen molar-refractivity contribution in [2.75, 3.05) is 0 Å². The number of benzene rings is 1. The van der Waals surface area contributed by atoms with Crippen molar-refractivity contribution in [3.8, 4) is 0 Å². The number of hydrogen-bond donors (Lipinski definition) is 1. The van der Waals surface area contributed by atoms with Crippen LogP contribution in [0.1, 0.15) is 20.9 Å². The molecule has 0 unspecified atom stereocenters. The quantitative estimate of drug-likeness (QED) is 0.618. The van der Waals surface area contributed by atoms with Crippen molar-refractivity contribution in [3.63, 3.8) is 0 Å². The maximum atomic E-state index is 12.6. The highest BCUT2D eigenvalue weighted by Gasteiger charge is 2.30. The van der Waals surface area contributed by atoms with Crippen molar-refractivity contribution in [3.05, 3.63) is 75.5 Å². The molecule has 0 saturated heterocycles. The van der Waals surface area contributed by atoms with Crippen LogP contribution in [0.15, 0.2) is 54.6 Å². The molecule has 1 N–H and O–H groups in total. The van der Waals surface area contributed by atoms with E-state index in [-0.39, 0.29) is 0 Å². The van der Waals surface area contributed by atoms with E-state index in [2.05, 4.69) is 0 Å². The van der Waals surface area contributed by atoms with E-state index < -0.39 is 17.7 Å². The van der Waals surface area contributed by atoms with E-state index in [0.29, 0.717) is 11.1 Å². The third-order valence-electron chi connectivity index (χ3n) is 3.03. The molecule has 0 radical (unpaired) electrons. The van der Waals surface area contributed by atoms with E-state index >= 15 is 0 Å². The highest BCUT2D eigenvalue weighted by atomic mass is 32.1. The second-order valence-electron chi connectivity index (χ2n) is 4.76. The maximum Gasteiger partial charge on any atom is 0.416 e. The Morgan fingerprint density at radius 2 is 1.78 bits per heavy atom. The second kappa shape index (κ2) is 6.83. The minimum Gasteiger partial charge on any atom is -0.478 e. The number of alkyl halides is 3. The van der Waals surface area contributed by atoms with Gasteiger partial charge in [0.05, 0.1) is 5.56 Å². The van der Waals surface area contributed by atoms with Gasteiger partial charge in [0.2, 0.25) is 0 Å². The molecule has 6 heteroatoms. The largest absolute Gasteiger partial charge is 0.478 e. The molecule has 2 rings (SSSR count). The molecule has 1 aromatic carbocycles. The summed E-state index contributed by atoms with van der Waals surface area (Å²) in [6.07, 6.45) is -0.456. The van der Waals surface area contributed by atoms with Crippen LogP contribution in [-0.4, -0.2) is 11.1 Å². The van der Waals surface area contributed by atoms with Crippen LogP contribution < -0.4 is 0 Å². The van der Waals surface area contributed by atoms with Crippen LogP contribution in [0, 0.1) is 6.92 Å². The summed E-state index contributed by atoms with van der Waals surface area (Å²) in [6.45, 7) is 1.92. The van der Waals surface area contributed by atoms with Crippen LogP contribution in [0.4, 0.5) is 13.2 Å². The summed E-state index contributed by atoms with van der Waals surface area (Å²) in [5.41, 5.74) is 0.549. The standard InChI is InChI=1S/C17H13F3O2S/c1-11-5-10-15(23-11)14(3-2-4-16(21)22)12-6-8-13(9-7-12)17(18,19)20/h2-10H,1H3,(H,21,22). The number of carboxylic acid groups (broad SMARTS) is 1. The summed E-state index contributed by atoms with van der Waals surface area (Å²) in [5.74, 6) is -1.09. The average molecular weight is 338 g/mol. The molecule has 2 nitrogen and oxygen atoms in total. The van der Waals surface area contributed by atoms with Crippen molar-refractivity contribution < 1.29 is 23.1 Å². The summed E-state index contributed by atoms with van der Waals surface area (Å²) >= 11 is 1.49. The first-order valence-corrected chi connectivity index (χ1v) is 7.45. The molecule has 0 spiro atoms. The zero-order valence-electron chi connectivity index (χ0n) is 12.1. The predicted octanol–water partition coefficient (Wildman–Crippen LogP) is 5.15. The summed E-state index contributed by atoms with van der Waals surface area (Å²) in [7, 11) is 0. The molecule has 2 aromatic rings. The van der Waals surface area contributed by atoms with E-state index in [1.54, 1.807) is 6.08 Å². The third-order valence-corrected chi connectivity index (χ3v) is 4.06. The van der Waals surface area contributed by atoms with Gasteiger partial charge in [0.1, 0.15) is 0 Å². The molecular weight excluding hydrogens is 325 g/mol. The zero-order valence-corrected chi connectivity index (χ0v) is 12.9. The fourth-order valence-electron chi connectivity index (χ4n) is 1.97. The van der Waals surface area contributed by atoms with Crippen LogP contribution in [-0.2, 0) is 11.0 Å². The first kappa shape index (κ1) is 17.0. The van der Waals surface area contributed by atoms with Gasteiger partial charge in [-0.25, -0.2) is 4.79 Å². The zero-order chi connectivity index (χ0) is 17.0. The molecule has 0 aliphatic rings. The van der Waals surface area contributed by atoms with E-state index in [4.69, 9.17) is 5.11 Å². The molecule has 0 saturated carbocycles. The van der Waals surface area contributed by atoms with Gasteiger partial charge in [-0.15, -0.1) is 11.3 Å². The highest BCUT2D eigenvalue weighted by Crippen LogP contribution is 2.33. The lowest BCUT2D eigenvalue weighted by atomic mass is 10.0. The second-order valence-corrected chi connectivity index (χ2v) is 6.05. The van der Waals surface area contributed by atoms with Crippen LogP contribution >= 0.6 is 11.3 Å². The number of aliphatic carboxylic acids is 1. The number of carboxylic acids is 1. The molecule has 1 heterocycles. The van der Waals surface area contributed by atoms with Gasteiger partial charge in [0.15, 0.2) is 0 Å². The minimum atomic E-state index is -4.38. The molecule has 0 atom stereocenters. The van der Waals surface area contributed by atoms with Gasteiger partial charge in [-0.2, -0.15) is 13.2 Å². The van der Waals surface area contributed by atoms with Gasteiger partial charge < -0.3 is 5.11 Å². The normalized spacial score (nSPS) is 12.8. The Hall–Kier alpha value is -2.34. The molecule has 0 amide bonds. The summed E-state index contributed by atoms with van der Waals surface area (Å²) < 4.78 is 37.9. The number of rotatable bonds is 4. The topological polar surface area (TPSA) is 37.3 Å². The molecule has 1 aromatic heterocycles. The van der Waals surface area contributed by atoms with Crippen molar-refractivity contribution in [2.45, 2.75) is 13.1 Å². The molecule has 120 valence electrons. The van der Waals surface area contributed by atoms with Crippen LogP contribution in [0.25, 0.3) is 5.57 Å². The smallest absolute Gasteiger partial charge is 0.416 e. The minimum absolute atomic E-state index is 0.592. The van der Waals surface area contributed by atoms with E-state index in [9.17, 15) is 18.0 Å². The number of hydrogen-bond acceptors (Lipinski definition) is 2. The SMILES string of the molecule is Cc1ccc(C(=CC=CC(=O)O)c2ccc(C(F)(F)F)cc2)s1. The predicted molar refractivity (Wildman–Crippen MR) is 84.4 cm³/mol. The molecule has 0 aliphatic carbocycles. The molecule has 23 heavy (non-hydrogen) atoms. The fraction of sp³-hybridized carbons (Fsp3) is 0.118. The van der Waals surface area contributed by atoms with Crippen LogP contribution in [0.3, 0.4) is 0 Å². The monoisotopic (exact) mass is 338 g/mol. The number of aryl methyl sites for hydroxylation is 1. The molecular formula is C17H13F3O2S. The van der Waals surface area contributed by atoms with Crippen molar-refractivity contribution in [1.82, 2.24) is 0 Å². The van der Waals surface area contributed by atoms with Gasteiger partial charge in [0, 0.05) is 15.8 Å². The average Bonchev–Trinajstić information content (AvgIpc) is 2.89. The lowest BCUT2D eigenvalue weighted by Gasteiger charge is -2.09. The van der Waals surface area contributed by atoms with Gasteiger partial charge in [-0.3, -0.25) is 0 Å². The summed E-state index contributed by atoms with van der Waals surface area (Å²) in [5, 5.41) is 8.66. The first-order chi connectivity index (χ1) is 10.8. The lowest BCUT2D eigenvalue weighted by molar-refractivity contribution is -0.137. The number of halogens is 3. The van der Waals surface area contributed by atoms with Gasteiger partial charge in [-0.1, -0.05) is 24.3 Å². The Morgan fingerprint density at radius 1 is 1.13 bits per heavy atom. The fourth-order valence-corrected chi connectivity index (χ4v) is 2.88. The van der Waals surface area contributed by atoms with Crippen LogP contribution in [0.2, 0.25) is 0 Å². The Kier molecular flexibility index (Phi) is 5.05. The Balaban J connectivity index is 2.43. The first-order valence-electron chi connectivity index (χ1n) is 6.63. The number of carbonyl (C=O) groups is 1. The van der Waals surface area contributed by atoms with Gasteiger partial charge >= 0.3 is 12.1 Å². The third kappa shape index (κ3) is 4.56.